The minimum absolute atomic E-state index is 0.321. The van der Waals surface area contributed by atoms with E-state index in [0.717, 1.165) is 44.2 Å². The molecule has 0 unspecified atom stereocenters. The van der Waals surface area contributed by atoms with Gasteiger partial charge in [-0.05, 0) is 31.3 Å². The van der Waals surface area contributed by atoms with Crippen LogP contribution in [0.3, 0.4) is 0 Å². The molecule has 0 spiro atoms. The second-order valence-corrected chi connectivity index (χ2v) is 6.11. The molecule has 0 aromatic carbocycles. The number of hydrogen-bond donors (Lipinski definition) is 0. The minimum atomic E-state index is 0.321. The Kier molecular flexibility index (Phi) is 3.89. The van der Waals surface area contributed by atoms with Gasteiger partial charge in [0, 0.05) is 19.3 Å². The molecule has 4 heterocycles. The van der Waals surface area contributed by atoms with Gasteiger partial charge in [-0.25, -0.2) is 0 Å². The molecule has 8 heteroatoms. The predicted molar refractivity (Wildman–Crippen MR) is 90.9 cm³/mol. The molecular formula is C16H22N8. The Labute approximate surface area is 140 Å². The summed E-state index contributed by atoms with van der Waals surface area (Å²) in [6.45, 7) is 9.21. The summed E-state index contributed by atoms with van der Waals surface area (Å²) in [6, 6.07) is 6.39. The van der Waals surface area contributed by atoms with Crippen LogP contribution in [0.25, 0.3) is 5.65 Å². The van der Waals surface area contributed by atoms with Crippen LogP contribution in [0.1, 0.15) is 25.6 Å². The molecular weight excluding hydrogens is 304 g/mol. The van der Waals surface area contributed by atoms with Crippen LogP contribution in [-0.4, -0.2) is 60.7 Å². The second kappa shape index (κ2) is 6.20. The van der Waals surface area contributed by atoms with E-state index in [1.807, 2.05) is 18.3 Å². The standard InChI is InChI=1S/C16H22N8/c1-3-21(4-2)9-14-11-22(10-13-7-8-18-24(13)14)16-6-5-15-19-17-12-23(15)20-16/h5-8,12,14H,3-4,9-11H2,1-2H3/t14-/m0/s1. The first-order valence-electron chi connectivity index (χ1n) is 8.45. The molecule has 3 aromatic rings. The summed E-state index contributed by atoms with van der Waals surface area (Å²) in [4.78, 5) is 4.75. The van der Waals surface area contributed by atoms with Gasteiger partial charge in [0.1, 0.15) is 12.1 Å². The lowest BCUT2D eigenvalue weighted by Crippen LogP contribution is -2.43. The van der Waals surface area contributed by atoms with Crippen LogP contribution in [0.5, 0.6) is 0 Å². The van der Waals surface area contributed by atoms with E-state index in [4.69, 9.17) is 0 Å². The molecule has 1 aliphatic heterocycles. The first-order chi connectivity index (χ1) is 11.8. The number of likely N-dealkylation sites (N-methyl/N-ethyl adjacent to an activating group) is 1. The van der Waals surface area contributed by atoms with Crippen molar-refractivity contribution in [2.24, 2.45) is 0 Å². The van der Waals surface area contributed by atoms with Gasteiger partial charge >= 0.3 is 0 Å². The summed E-state index contributed by atoms with van der Waals surface area (Å²) in [6.07, 6.45) is 3.53. The molecule has 8 nitrogen and oxygen atoms in total. The maximum absolute atomic E-state index is 4.64. The zero-order valence-corrected chi connectivity index (χ0v) is 14.1. The molecule has 0 aliphatic carbocycles. The van der Waals surface area contributed by atoms with Crippen molar-refractivity contribution in [2.75, 3.05) is 31.1 Å². The number of anilines is 1. The summed E-state index contributed by atoms with van der Waals surface area (Å²) in [5.41, 5.74) is 1.99. The highest BCUT2D eigenvalue weighted by Crippen LogP contribution is 2.25. The van der Waals surface area contributed by atoms with Gasteiger partial charge in [-0.1, -0.05) is 13.8 Å². The van der Waals surface area contributed by atoms with Crippen molar-refractivity contribution in [1.82, 2.24) is 34.5 Å². The molecule has 0 amide bonds. The van der Waals surface area contributed by atoms with E-state index in [-0.39, 0.29) is 0 Å². The summed E-state index contributed by atoms with van der Waals surface area (Å²) < 4.78 is 3.90. The van der Waals surface area contributed by atoms with Crippen LogP contribution >= 0.6 is 0 Å². The van der Waals surface area contributed by atoms with Crippen LogP contribution in [0.2, 0.25) is 0 Å². The molecule has 1 aliphatic rings. The quantitative estimate of drug-likeness (QED) is 0.702. The van der Waals surface area contributed by atoms with E-state index in [1.54, 1.807) is 10.8 Å². The fourth-order valence-electron chi connectivity index (χ4n) is 3.36. The van der Waals surface area contributed by atoms with Gasteiger partial charge in [0.05, 0.1) is 18.3 Å². The third-order valence-corrected chi connectivity index (χ3v) is 4.72. The lowest BCUT2D eigenvalue weighted by Gasteiger charge is -2.36. The number of hydrogen-bond acceptors (Lipinski definition) is 6. The Bertz CT molecular complexity index is 818. The Balaban J connectivity index is 1.63. The van der Waals surface area contributed by atoms with Crippen molar-refractivity contribution in [3.05, 3.63) is 36.4 Å². The van der Waals surface area contributed by atoms with Crippen LogP contribution in [0.4, 0.5) is 5.82 Å². The van der Waals surface area contributed by atoms with Crippen molar-refractivity contribution in [3.63, 3.8) is 0 Å². The van der Waals surface area contributed by atoms with E-state index in [2.05, 4.69) is 54.8 Å². The monoisotopic (exact) mass is 326 g/mol. The molecule has 24 heavy (non-hydrogen) atoms. The summed E-state index contributed by atoms with van der Waals surface area (Å²) in [5, 5.41) is 17.1. The van der Waals surface area contributed by atoms with Crippen LogP contribution < -0.4 is 4.90 Å². The fraction of sp³-hybridized carbons (Fsp3) is 0.500. The smallest absolute Gasteiger partial charge is 0.177 e. The third kappa shape index (κ3) is 2.62. The normalized spacial score (nSPS) is 17.6. The van der Waals surface area contributed by atoms with Gasteiger partial charge in [0.15, 0.2) is 5.65 Å². The molecule has 0 N–H and O–H groups in total. The second-order valence-electron chi connectivity index (χ2n) is 6.11. The Morgan fingerprint density at radius 1 is 1.21 bits per heavy atom. The van der Waals surface area contributed by atoms with Gasteiger partial charge in [-0.3, -0.25) is 4.68 Å². The van der Waals surface area contributed by atoms with Crippen LogP contribution in [0, 0.1) is 0 Å². The first kappa shape index (κ1) is 15.1. The van der Waals surface area contributed by atoms with Gasteiger partial charge in [-0.15, -0.1) is 15.3 Å². The molecule has 126 valence electrons. The van der Waals surface area contributed by atoms with E-state index in [9.17, 15) is 0 Å². The highest BCUT2D eigenvalue weighted by atomic mass is 15.4. The fourth-order valence-corrected chi connectivity index (χ4v) is 3.36. The highest BCUT2D eigenvalue weighted by molar-refractivity contribution is 5.46. The third-order valence-electron chi connectivity index (χ3n) is 4.72. The highest BCUT2D eigenvalue weighted by Gasteiger charge is 2.27. The summed E-state index contributed by atoms with van der Waals surface area (Å²) in [5.74, 6) is 0.944. The lowest BCUT2D eigenvalue weighted by atomic mass is 10.1. The van der Waals surface area contributed by atoms with Crippen molar-refractivity contribution in [3.8, 4) is 0 Å². The molecule has 1 atom stereocenters. The Morgan fingerprint density at radius 3 is 2.92 bits per heavy atom. The van der Waals surface area contributed by atoms with E-state index in [1.165, 1.54) is 5.69 Å². The Morgan fingerprint density at radius 2 is 2.08 bits per heavy atom. The van der Waals surface area contributed by atoms with E-state index in [0.29, 0.717) is 6.04 Å². The maximum Gasteiger partial charge on any atom is 0.177 e. The zero-order valence-electron chi connectivity index (χ0n) is 14.1. The molecule has 0 radical (unpaired) electrons. The minimum Gasteiger partial charge on any atom is -0.347 e. The van der Waals surface area contributed by atoms with Crippen molar-refractivity contribution >= 4 is 11.5 Å². The molecule has 4 rings (SSSR count). The van der Waals surface area contributed by atoms with Crippen molar-refractivity contribution in [2.45, 2.75) is 26.4 Å². The van der Waals surface area contributed by atoms with Crippen LogP contribution in [-0.2, 0) is 6.54 Å². The van der Waals surface area contributed by atoms with Crippen LogP contribution in [0.15, 0.2) is 30.7 Å². The Hall–Kier alpha value is -2.48. The summed E-state index contributed by atoms with van der Waals surface area (Å²) >= 11 is 0. The first-order valence-corrected chi connectivity index (χ1v) is 8.45. The largest absolute Gasteiger partial charge is 0.347 e. The average Bonchev–Trinajstić information content (AvgIpc) is 3.27. The molecule has 0 fully saturated rings. The van der Waals surface area contributed by atoms with E-state index >= 15 is 0 Å². The topological polar surface area (TPSA) is 67.4 Å². The SMILES string of the molecule is CCN(CC)C[C@H]1CN(c2ccc3nncn3n2)Cc2ccnn21. The summed E-state index contributed by atoms with van der Waals surface area (Å²) in [7, 11) is 0. The van der Waals surface area contributed by atoms with Gasteiger partial charge in [-0.2, -0.15) is 9.61 Å². The molecule has 0 saturated carbocycles. The molecule has 3 aromatic heterocycles. The van der Waals surface area contributed by atoms with Gasteiger partial charge in [0.25, 0.3) is 0 Å². The van der Waals surface area contributed by atoms with Gasteiger partial charge in [0.2, 0.25) is 0 Å². The zero-order chi connectivity index (χ0) is 16.5. The lowest BCUT2D eigenvalue weighted by molar-refractivity contribution is 0.233. The number of rotatable bonds is 5. The van der Waals surface area contributed by atoms with Crippen molar-refractivity contribution < 1.29 is 0 Å². The van der Waals surface area contributed by atoms with Crippen molar-refractivity contribution in [1.29, 1.82) is 0 Å². The number of aromatic nitrogens is 6. The van der Waals surface area contributed by atoms with E-state index < -0.39 is 0 Å². The predicted octanol–water partition coefficient (Wildman–Crippen LogP) is 1.22. The number of nitrogens with zero attached hydrogens (tertiary/aromatic N) is 8. The number of fused-ring (bicyclic) bond motifs is 2. The molecule has 0 bridgehead atoms. The molecule has 0 saturated heterocycles. The average molecular weight is 326 g/mol. The maximum atomic E-state index is 4.64. The van der Waals surface area contributed by atoms with Gasteiger partial charge < -0.3 is 9.80 Å².